The zero-order valence-corrected chi connectivity index (χ0v) is 23.5. The topological polar surface area (TPSA) is 105 Å². The van der Waals surface area contributed by atoms with Crippen LogP contribution < -0.4 is 10.1 Å². The van der Waals surface area contributed by atoms with Gasteiger partial charge in [-0.05, 0) is 79.5 Å². The van der Waals surface area contributed by atoms with Crippen LogP contribution in [0.4, 0.5) is 0 Å². The molecular weight excluding hydrogens is 484 g/mol. The van der Waals surface area contributed by atoms with Crippen LogP contribution in [0.3, 0.4) is 0 Å². The van der Waals surface area contributed by atoms with Crippen molar-refractivity contribution in [1.29, 1.82) is 0 Å². The molecule has 2 aliphatic rings. The lowest BCUT2D eigenvalue weighted by molar-refractivity contribution is -0.157. The molecule has 2 amide bonds. The molecule has 8 nitrogen and oxygen atoms in total. The van der Waals surface area contributed by atoms with E-state index in [1.807, 2.05) is 6.92 Å². The minimum atomic E-state index is -0.688. The van der Waals surface area contributed by atoms with Gasteiger partial charge in [0.25, 0.3) is 5.91 Å². The number of phenolic OH excluding ortho intramolecular Hbond substituents is 1. The van der Waals surface area contributed by atoms with Crippen LogP contribution >= 0.6 is 0 Å². The first-order chi connectivity index (χ1) is 17.8. The lowest BCUT2D eigenvalue weighted by atomic mass is 9.66. The van der Waals surface area contributed by atoms with E-state index < -0.39 is 23.8 Å². The second kappa shape index (κ2) is 11.6. The first-order valence-corrected chi connectivity index (χ1v) is 13.3. The van der Waals surface area contributed by atoms with Gasteiger partial charge in [-0.3, -0.25) is 9.59 Å². The monoisotopic (exact) mass is 526 g/mol. The molecule has 1 saturated carbocycles. The summed E-state index contributed by atoms with van der Waals surface area (Å²) >= 11 is 0. The van der Waals surface area contributed by atoms with Crippen molar-refractivity contribution in [1.82, 2.24) is 10.2 Å². The molecule has 1 aliphatic carbocycles. The molecule has 2 fully saturated rings. The molecule has 2 N–H and O–H groups in total. The molecule has 0 radical (unpaired) electrons. The molecule has 0 bridgehead atoms. The number of carbonyl (C=O) groups is 3. The molecule has 0 aromatic heterocycles. The number of ether oxygens (including phenoxy) is 2. The number of phenols is 1. The normalized spacial score (nSPS) is 22.7. The first-order valence-electron chi connectivity index (χ1n) is 13.3. The summed E-state index contributed by atoms with van der Waals surface area (Å²) in [6.45, 7) is 15.3. The summed E-state index contributed by atoms with van der Waals surface area (Å²) in [4.78, 5) is 39.9. The number of nitrogens with one attached hydrogen (secondary N) is 1. The highest BCUT2D eigenvalue weighted by Gasteiger charge is 2.48. The first kappa shape index (κ1) is 29.3. The fourth-order valence-corrected chi connectivity index (χ4v) is 5.55. The van der Waals surface area contributed by atoms with Gasteiger partial charge < -0.3 is 24.8 Å². The Balaban J connectivity index is 1.54. The fourth-order valence-electron chi connectivity index (χ4n) is 5.55. The van der Waals surface area contributed by atoms with E-state index in [0.717, 1.165) is 19.3 Å². The molecule has 208 valence electrons. The predicted octanol–water partition coefficient (Wildman–Crippen LogP) is 4.82. The third-order valence-corrected chi connectivity index (χ3v) is 8.77. The van der Waals surface area contributed by atoms with E-state index in [2.05, 4.69) is 39.6 Å². The molecule has 1 heterocycles. The second-order valence-corrected chi connectivity index (χ2v) is 11.7. The molecule has 0 spiro atoms. The van der Waals surface area contributed by atoms with E-state index in [0.29, 0.717) is 30.9 Å². The van der Waals surface area contributed by atoms with E-state index in [1.165, 1.54) is 30.2 Å². The summed E-state index contributed by atoms with van der Waals surface area (Å²) in [5.41, 5.74) is 0.924. The number of carbonyl (C=O) groups excluding carboxylic acids is 3. The van der Waals surface area contributed by atoms with Crippen molar-refractivity contribution >= 4 is 23.9 Å². The van der Waals surface area contributed by atoms with E-state index in [4.69, 9.17) is 9.47 Å². The second-order valence-electron chi connectivity index (χ2n) is 11.7. The SMILES string of the molecule is C=C(NC(=O)/C=C/c1ccc(O)c(OC)c1)C(=O)N1CCCC1C(=O)OC(C)CC1CCC(C)(C)C1(C)C. The molecule has 38 heavy (non-hydrogen) atoms. The Hall–Kier alpha value is -3.29. The minimum absolute atomic E-state index is 0.00696. The average Bonchev–Trinajstić information content (AvgIpc) is 3.42. The molecule has 3 atom stereocenters. The number of hydrogen-bond acceptors (Lipinski definition) is 6. The summed E-state index contributed by atoms with van der Waals surface area (Å²) in [5, 5.41) is 12.2. The molecule has 1 aromatic rings. The smallest absolute Gasteiger partial charge is 0.329 e. The number of benzene rings is 1. The van der Waals surface area contributed by atoms with Crippen LogP contribution in [0.2, 0.25) is 0 Å². The van der Waals surface area contributed by atoms with Gasteiger partial charge in [-0.2, -0.15) is 0 Å². The number of methoxy groups -OCH3 is 1. The third-order valence-electron chi connectivity index (χ3n) is 8.77. The van der Waals surface area contributed by atoms with Crippen LogP contribution in [0.25, 0.3) is 6.08 Å². The van der Waals surface area contributed by atoms with Crippen LogP contribution in [-0.4, -0.2) is 53.6 Å². The molecule has 3 rings (SSSR count). The van der Waals surface area contributed by atoms with Crippen LogP contribution in [0.5, 0.6) is 11.5 Å². The molecule has 1 aliphatic heterocycles. The molecular formula is C30H42N2O6. The quantitative estimate of drug-likeness (QED) is 0.353. The van der Waals surface area contributed by atoms with Gasteiger partial charge in [-0.1, -0.05) is 40.3 Å². The summed E-state index contributed by atoms with van der Waals surface area (Å²) in [6.07, 6.45) is 6.80. The minimum Gasteiger partial charge on any atom is -0.504 e. The predicted molar refractivity (Wildman–Crippen MR) is 146 cm³/mol. The third kappa shape index (κ3) is 6.40. The van der Waals surface area contributed by atoms with E-state index >= 15 is 0 Å². The zero-order chi connectivity index (χ0) is 28.3. The Morgan fingerprint density at radius 2 is 1.95 bits per heavy atom. The van der Waals surface area contributed by atoms with Crippen LogP contribution in [0, 0.1) is 16.7 Å². The Morgan fingerprint density at radius 3 is 2.58 bits per heavy atom. The van der Waals surface area contributed by atoms with Crippen molar-refractivity contribution in [3.8, 4) is 11.5 Å². The molecule has 1 saturated heterocycles. The lowest BCUT2D eigenvalue weighted by Gasteiger charge is -2.40. The van der Waals surface area contributed by atoms with Crippen molar-refractivity contribution in [2.75, 3.05) is 13.7 Å². The number of aromatic hydroxyl groups is 1. The van der Waals surface area contributed by atoms with Crippen LogP contribution in [0.1, 0.15) is 72.3 Å². The summed E-state index contributed by atoms with van der Waals surface area (Å²) in [6, 6.07) is 3.97. The van der Waals surface area contributed by atoms with Gasteiger partial charge >= 0.3 is 5.97 Å². The van der Waals surface area contributed by atoms with Crippen molar-refractivity contribution in [2.24, 2.45) is 16.7 Å². The Labute approximate surface area is 226 Å². The van der Waals surface area contributed by atoms with Gasteiger partial charge in [-0.25, -0.2) is 4.79 Å². The van der Waals surface area contributed by atoms with Crippen molar-refractivity contribution in [3.05, 3.63) is 42.1 Å². The Bertz CT molecular complexity index is 1110. The highest BCUT2D eigenvalue weighted by atomic mass is 16.5. The largest absolute Gasteiger partial charge is 0.504 e. The maximum absolute atomic E-state index is 13.0. The average molecular weight is 527 g/mol. The molecule has 3 unspecified atom stereocenters. The van der Waals surface area contributed by atoms with Gasteiger partial charge in [0.2, 0.25) is 5.91 Å². The summed E-state index contributed by atoms with van der Waals surface area (Å²) in [5.74, 6) is -0.698. The van der Waals surface area contributed by atoms with Gasteiger partial charge in [-0.15, -0.1) is 0 Å². The Kier molecular flexibility index (Phi) is 8.95. The maximum atomic E-state index is 13.0. The molecule has 1 aromatic carbocycles. The van der Waals surface area contributed by atoms with Gasteiger partial charge in [0, 0.05) is 12.6 Å². The van der Waals surface area contributed by atoms with Gasteiger partial charge in [0.05, 0.1) is 18.9 Å². The van der Waals surface area contributed by atoms with Gasteiger partial charge in [0.15, 0.2) is 11.5 Å². The summed E-state index contributed by atoms with van der Waals surface area (Å²) in [7, 11) is 1.43. The number of amides is 2. The summed E-state index contributed by atoms with van der Waals surface area (Å²) < 4.78 is 10.9. The highest BCUT2D eigenvalue weighted by Crippen LogP contribution is 2.57. The number of rotatable bonds is 9. The van der Waals surface area contributed by atoms with Crippen molar-refractivity contribution in [3.63, 3.8) is 0 Å². The maximum Gasteiger partial charge on any atom is 0.329 e. The Morgan fingerprint density at radius 1 is 1.24 bits per heavy atom. The zero-order valence-electron chi connectivity index (χ0n) is 23.5. The van der Waals surface area contributed by atoms with Crippen molar-refractivity contribution < 1.29 is 29.0 Å². The van der Waals surface area contributed by atoms with E-state index in [9.17, 15) is 19.5 Å². The number of likely N-dealkylation sites (tertiary alicyclic amines) is 1. The van der Waals surface area contributed by atoms with Gasteiger partial charge in [0.1, 0.15) is 6.04 Å². The van der Waals surface area contributed by atoms with E-state index in [1.54, 1.807) is 12.1 Å². The fraction of sp³-hybridized carbons (Fsp3) is 0.567. The highest BCUT2D eigenvalue weighted by molar-refractivity contribution is 6.02. The lowest BCUT2D eigenvalue weighted by Crippen LogP contribution is -2.45. The van der Waals surface area contributed by atoms with E-state index in [-0.39, 0.29) is 34.1 Å². The molecule has 8 heteroatoms. The standard InChI is InChI=1S/C30H42N2O6/c1-19(17-22-14-15-29(3,4)30(22,5)6)38-28(36)23-9-8-16-32(23)27(35)20(2)31-26(34)13-11-21-10-12-24(33)25(18-21)37-7/h10-13,18-19,22-23,33H,2,8-9,14-17H2,1,3-7H3,(H,31,34)/b13-11+. The number of hydrogen-bond donors (Lipinski definition) is 2. The number of esters is 1. The van der Waals surface area contributed by atoms with Crippen LogP contribution in [-0.2, 0) is 19.1 Å². The number of nitrogens with zero attached hydrogens (tertiary/aromatic N) is 1. The van der Waals surface area contributed by atoms with Crippen LogP contribution in [0.15, 0.2) is 36.6 Å². The van der Waals surface area contributed by atoms with Crippen molar-refractivity contribution in [2.45, 2.75) is 78.9 Å².